The molecule has 1 aliphatic rings. The van der Waals surface area contributed by atoms with Crippen LogP contribution in [0, 0.1) is 6.92 Å². The number of aryl methyl sites for hydroxylation is 1. The summed E-state index contributed by atoms with van der Waals surface area (Å²) in [6.45, 7) is 4.03. The molecule has 1 fully saturated rings. The molecule has 3 aromatic rings. The van der Waals surface area contributed by atoms with E-state index < -0.39 is 0 Å². The van der Waals surface area contributed by atoms with Crippen LogP contribution in [0.3, 0.4) is 0 Å². The molecule has 0 saturated carbocycles. The second-order valence-electron chi connectivity index (χ2n) is 7.25. The van der Waals surface area contributed by atoms with E-state index in [0.717, 1.165) is 30.6 Å². The molecule has 5 nitrogen and oxygen atoms in total. The molecule has 0 radical (unpaired) electrons. The number of oxazole rings is 1. The lowest BCUT2D eigenvalue weighted by Crippen LogP contribution is -2.37. The molecule has 2 heterocycles. The van der Waals surface area contributed by atoms with Crippen LogP contribution < -0.4 is 0 Å². The highest BCUT2D eigenvalue weighted by atomic mass is 16.5. The van der Waals surface area contributed by atoms with E-state index in [1.807, 2.05) is 35.2 Å². The topological polar surface area (TPSA) is 55.6 Å². The Hall–Kier alpha value is -2.92. The summed E-state index contributed by atoms with van der Waals surface area (Å²) in [5, 5.41) is 0. The summed E-state index contributed by atoms with van der Waals surface area (Å²) in [7, 11) is 0. The van der Waals surface area contributed by atoms with Crippen molar-refractivity contribution in [3.05, 3.63) is 77.8 Å². The van der Waals surface area contributed by atoms with Crippen molar-refractivity contribution in [2.45, 2.75) is 32.4 Å². The second-order valence-corrected chi connectivity index (χ2v) is 7.25. The third-order valence-corrected chi connectivity index (χ3v) is 5.04. The van der Waals surface area contributed by atoms with E-state index in [1.54, 1.807) is 6.20 Å². The molecule has 0 aliphatic carbocycles. The lowest BCUT2D eigenvalue weighted by atomic mass is 10.1. The van der Waals surface area contributed by atoms with Crippen LogP contribution in [0.15, 0.2) is 65.5 Å². The number of aromatic nitrogens is 1. The third kappa shape index (κ3) is 4.31. The molecule has 1 aliphatic heterocycles. The number of benzene rings is 2. The van der Waals surface area contributed by atoms with Crippen molar-refractivity contribution >= 4 is 5.91 Å². The van der Waals surface area contributed by atoms with E-state index in [4.69, 9.17) is 9.15 Å². The van der Waals surface area contributed by atoms with Crippen LogP contribution in [0.4, 0.5) is 0 Å². The molecule has 1 aromatic heterocycles. The second kappa shape index (κ2) is 8.40. The Morgan fingerprint density at radius 1 is 1.21 bits per heavy atom. The number of amides is 1. The number of ether oxygens (including phenoxy) is 1. The van der Waals surface area contributed by atoms with Gasteiger partial charge in [-0.25, -0.2) is 4.98 Å². The third-order valence-electron chi connectivity index (χ3n) is 5.04. The maximum Gasteiger partial charge on any atom is 0.254 e. The first-order chi connectivity index (χ1) is 13.7. The smallest absolute Gasteiger partial charge is 0.254 e. The van der Waals surface area contributed by atoms with Crippen LogP contribution in [0.5, 0.6) is 0 Å². The molecule has 1 saturated heterocycles. The molecule has 0 bridgehead atoms. The number of nitrogens with zero attached hydrogens (tertiary/aromatic N) is 2. The summed E-state index contributed by atoms with van der Waals surface area (Å²) < 4.78 is 11.1. The zero-order chi connectivity index (χ0) is 19.3. The van der Waals surface area contributed by atoms with E-state index in [2.05, 4.69) is 30.1 Å². The summed E-state index contributed by atoms with van der Waals surface area (Å²) in [5.41, 5.74) is 3.88. The standard InChI is InChI=1S/C23H24N2O3/c1-17-4-2-5-18(12-17)14-25(15-21-6-3-11-27-21)23(26)20-9-7-19(8-10-20)22-13-24-16-28-22/h2,4-5,7-10,12-13,16,21H,3,6,11,14-15H2,1H3. The Labute approximate surface area is 165 Å². The van der Waals surface area contributed by atoms with Crippen molar-refractivity contribution in [2.75, 3.05) is 13.2 Å². The fourth-order valence-corrected chi connectivity index (χ4v) is 3.60. The molecule has 28 heavy (non-hydrogen) atoms. The van der Waals surface area contributed by atoms with Gasteiger partial charge in [0.15, 0.2) is 12.2 Å². The van der Waals surface area contributed by atoms with Crippen LogP contribution in [-0.2, 0) is 11.3 Å². The van der Waals surface area contributed by atoms with Gasteiger partial charge in [0.25, 0.3) is 5.91 Å². The zero-order valence-corrected chi connectivity index (χ0v) is 16.0. The number of carbonyl (C=O) groups excluding carboxylic acids is 1. The van der Waals surface area contributed by atoms with Crippen molar-refractivity contribution in [3.63, 3.8) is 0 Å². The molecular formula is C23H24N2O3. The first-order valence-corrected chi connectivity index (χ1v) is 9.64. The Morgan fingerprint density at radius 3 is 2.75 bits per heavy atom. The molecule has 0 spiro atoms. The van der Waals surface area contributed by atoms with Gasteiger partial charge in [-0.1, -0.05) is 42.0 Å². The molecular weight excluding hydrogens is 352 g/mol. The van der Waals surface area contributed by atoms with Gasteiger partial charge in [-0.15, -0.1) is 0 Å². The first-order valence-electron chi connectivity index (χ1n) is 9.64. The normalized spacial score (nSPS) is 16.2. The minimum Gasteiger partial charge on any atom is -0.444 e. The summed E-state index contributed by atoms with van der Waals surface area (Å²) in [4.78, 5) is 19.1. The summed E-state index contributed by atoms with van der Waals surface area (Å²) in [6, 6.07) is 15.8. The van der Waals surface area contributed by atoms with Crippen LogP contribution in [-0.4, -0.2) is 35.0 Å². The summed E-state index contributed by atoms with van der Waals surface area (Å²) in [5.74, 6) is 0.705. The molecule has 1 amide bonds. The van der Waals surface area contributed by atoms with Crippen LogP contribution in [0.2, 0.25) is 0 Å². The minimum absolute atomic E-state index is 0.0149. The summed E-state index contributed by atoms with van der Waals surface area (Å²) in [6.07, 6.45) is 5.24. The van der Waals surface area contributed by atoms with E-state index in [-0.39, 0.29) is 12.0 Å². The van der Waals surface area contributed by atoms with Gasteiger partial charge in [-0.2, -0.15) is 0 Å². The van der Waals surface area contributed by atoms with Crippen LogP contribution in [0.25, 0.3) is 11.3 Å². The highest BCUT2D eigenvalue weighted by Gasteiger charge is 2.24. The number of hydrogen-bond acceptors (Lipinski definition) is 4. The van der Waals surface area contributed by atoms with Crippen LogP contribution in [0.1, 0.15) is 34.3 Å². The number of hydrogen-bond donors (Lipinski definition) is 0. The largest absolute Gasteiger partial charge is 0.444 e. The fourth-order valence-electron chi connectivity index (χ4n) is 3.60. The van der Waals surface area contributed by atoms with Crippen molar-refractivity contribution in [3.8, 4) is 11.3 Å². The van der Waals surface area contributed by atoms with E-state index >= 15 is 0 Å². The average Bonchev–Trinajstić information content (AvgIpc) is 3.41. The van der Waals surface area contributed by atoms with Gasteiger partial charge >= 0.3 is 0 Å². The maximum atomic E-state index is 13.3. The van der Waals surface area contributed by atoms with Crippen molar-refractivity contribution in [1.82, 2.24) is 9.88 Å². The molecule has 1 unspecified atom stereocenters. The quantitative estimate of drug-likeness (QED) is 0.637. The molecule has 4 rings (SSSR count). The van der Waals surface area contributed by atoms with Crippen molar-refractivity contribution < 1.29 is 13.9 Å². The lowest BCUT2D eigenvalue weighted by molar-refractivity contribution is 0.0507. The number of rotatable bonds is 6. The molecule has 1 atom stereocenters. The molecule has 0 N–H and O–H groups in total. The van der Waals surface area contributed by atoms with Gasteiger partial charge in [-0.3, -0.25) is 4.79 Å². The Kier molecular flexibility index (Phi) is 5.53. The monoisotopic (exact) mass is 376 g/mol. The van der Waals surface area contributed by atoms with Crippen LogP contribution >= 0.6 is 0 Å². The van der Waals surface area contributed by atoms with Gasteiger partial charge in [-0.05, 0) is 37.5 Å². The Morgan fingerprint density at radius 2 is 2.07 bits per heavy atom. The van der Waals surface area contributed by atoms with Gasteiger partial charge in [0.1, 0.15) is 0 Å². The first kappa shape index (κ1) is 18.4. The highest BCUT2D eigenvalue weighted by molar-refractivity contribution is 5.94. The molecule has 5 heteroatoms. The van der Waals surface area contributed by atoms with Crippen molar-refractivity contribution in [2.24, 2.45) is 0 Å². The highest BCUT2D eigenvalue weighted by Crippen LogP contribution is 2.21. The average molecular weight is 376 g/mol. The van der Waals surface area contributed by atoms with Gasteiger partial charge in [0.05, 0.1) is 12.3 Å². The molecule has 2 aromatic carbocycles. The van der Waals surface area contributed by atoms with E-state index in [0.29, 0.717) is 24.4 Å². The maximum absolute atomic E-state index is 13.3. The minimum atomic E-state index is 0.0149. The lowest BCUT2D eigenvalue weighted by Gasteiger charge is -2.26. The SMILES string of the molecule is Cc1cccc(CN(CC2CCCO2)C(=O)c2ccc(-c3cnco3)cc2)c1. The van der Waals surface area contributed by atoms with Gasteiger partial charge in [0.2, 0.25) is 0 Å². The predicted molar refractivity (Wildman–Crippen MR) is 107 cm³/mol. The Bertz CT molecular complexity index is 913. The molecule has 144 valence electrons. The zero-order valence-electron chi connectivity index (χ0n) is 16.0. The summed E-state index contributed by atoms with van der Waals surface area (Å²) >= 11 is 0. The fraction of sp³-hybridized carbons (Fsp3) is 0.304. The van der Waals surface area contributed by atoms with Crippen molar-refractivity contribution in [1.29, 1.82) is 0 Å². The van der Waals surface area contributed by atoms with Gasteiger partial charge < -0.3 is 14.1 Å². The Balaban J connectivity index is 1.54. The van der Waals surface area contributed by atoms with E-state index in [1.165, 1.54) is 12.0 Å². The number of carbonyl (C=O) groups is 1. The van der Waals surface area contributed by atoms with Gasteiger partial charge in [0, 0.05) is 30.8 Å². The van der Waals surface area contributed by atoms with E-state index in [9.17, 15) is 4.79 Å². The predicted octanol–water partition coefficient (Wildman–Crippen LogP) is 4.47.